The minimum atomic E-state index is -0.571. The average molecular weight is 408 g/mol. The first kappa shape index (κ1) is 19.8. The van der Waals surface area contributed by atoms with Crippen molar-refractivity contribution in [1.82, 2.24) is 15.6 Å². The maximum absolute atomic E-state index is 14.7. The molecular weight excluding hydrogens is 387 g/mol. The number of nitrogens with one attached hydrogen (secondary N) is 2. The van der Waals surface area contributed by atoms with E-state index in [0.717, 1.165) is 0 Å². The third-order valence-corrected chi connectivity index (χ3v) is 4.75. The largest absolute Gasteiger partial charge is 0.442 e. The molecule has 150 valence electrons. The molecule has 2 heterocycles. The third-order valence-electron chi connectivity index (χ3n) is 4.34. The molecule has 2 aliphatic heterocycles. The average Bonchev–Trinajstić information content (AvgIpc) is 3.06. The highest BCUT2D eigenvalue weighted by Gasteiger charge is 2.33. The number of halogens is 1. The van der Waals surface area contributed by atoms with Crippen LogP contribution in [0.5, 0.6) is 0 Å². The van der Waals surface area contributed by atoms with E-state index < -0.39 is 18.0 Å². The highest BCUT2D eigenvalue weighted by Crippen LogP contribution is 2.28. The number of ether oxygens (including phenoxy) is 1. The Balaban J connectivity index is 1.69. The van der Waals surface area contributed by atoms with Gasteiger partial charge < -0.3 is 20.3 Å². The SMILES string of the molecule is CNC(=S)N1CCN(c2ccc(N3C[C@H](CNC(C)=O)OC3=O)cc2F)C=N1. The topological polar surface area (TPSA) is 89.5 Å². The van der Waals surface area contributed by atoms with Gasteiger partial charge in [0, 0.05) is 20.5 Å². The van der Waals surface area contributed by atoms with Crippen LogP contribution in [-0.4, -0.2) is 67.8 Å². The van der Waals surface area contributed by atoms with E-state index in [1.165, 1.54) is 24.2 Å². The zero-order chi connectivity index (χ0) is 20.3. The highest BCUT2D eigenvalue weighted by molar-refractivity contribution is 7.80. The summed E-state index contributed by atoms with van der Waals surface area (Å²) in [6.07, 6.45) is 0.465. The number of carbonyl (C=O) groups excluding carboxylic acids is 2. The van der Waals surface area contributed by atoms with Crippen molar-refractivity contribution in [2.24, 2.45) is 5.10 Å². The predicted octanol–water partition coefficient (Wildman–Crippen LogP) is 0.857. The number of thiocarbonyl (C=S) groups is 1. The van der Waals surface area contributed by atoms with E-state index in [9.17, 15) is 14.0 Å². The van der Waals surface area contributed by atoms with Crippen LogP contribution < -0.4 is 20.4 Å². The highest BCUT2D eigenvalue weighted by atomic mass is 32.1. The molecule has 2 N–H and O–H groups in total. The van der Waals surface area contributed by atoms with Crippen LogP contribution in [0.25, 0.3) is 0 Å². The number of benzene rings is 1. The van der Waals surface area contributed by atoms with Crippen molar-refractivity contribution in [3.63, 3.8) is 0 Å². The van der Waals surface area contributed by atoms with Gasteiger partial charge in [-0.3, -0.25) is 9.69 Å². The molecule has 0 saturated carbocycles. The van der Waals surface area contributed by atoms with Crippen molar-refractivity contribution in [3.05, 3.63) is 24.0 Å². The van der Waals surface area contributed by atoms with Gasteiger partial charge in [-0.1, -0.05) is 0 Å². The first-order valence-electron chi connectivity index (χ1n) is 8.71. The van der Waals surface area contributed by atoms with Gasteiger partial charge in [0.2, 0.25) is 5.91 Å². The molecule has 1 fully saturated rings. The van der Waals surface area contributed by atoms with Crippen molar-refractivity contribution in [3.8, 4) is 0 Å². The van der Waals surface area contributed by atoms with E-state index in [2.05, 4.69) is 15.7 Å². The molecule has 11 heteroatoms. The number of hydrogen-bond acceptors (Lipinski definition) is 6. The fourth-order valence-corrected chi connectivity index (χ4v) is 3.04. The zero-order valence-electron chi connectivity index (χ0n) is 15.5. The van der Waals surface area contributed by atoms with Crippen LogP contribution in [0, 0.1) is 5.82 Å². The summed E-state index contributed by atoms with van der Waals surface area (Å²) in [5.74, 6) is -0.686. The molecule has 1 aromatic rings. The molecule has 28 heavy (non-hydrogen) atoms. The first-order valence-corrected chi connectivity index (χ1v) is 9.12. The molecule has 1 aromatic carbocycles. The summed E-state index contributed by atoms with van der Waals surface area (Å²) in [7, 11) is 1.71. The first-order chi connectivity index (χ1) is 13.4. The Morgan fingerprint density at radius 3 is 2.82 bits per heavy atom. The van der Waals surface area contributed by atoms with E-state index in [4.69, 9.17) is 17.0 Å². The predicted molar refractivity (Wildman–Crippen MR) is 107 cm³/mol. The molecule has 1 saturated heterocycles. The summed E-state index contributed by atoms with van der Waals surface area (Å²) >= 11 is 5.12. The lowest BCUT2D eigenvalue weighted by Crippen LogP contribution is -2.44. The van der Waals surface area contributed by atoms with Gasteiger partial charge in [0.25, 0.3) is 0 Å². The van der Waals surface area contributed by atoms with Crippen molar-refractivity contribution in [2.75, 3.05) is 43.0 Å². The van der Waals surface area contributed by atoms with Crippen LogP contribution in [0.15, 0.2) is 23.3 Å². The summed E-state index contributed by atoms with van der Waals surface area (Å²) in [5.41, 5.74) is 0.744. The molecule has 1 atom stereocenters. The lowest BCUT2D eigenvalue weighted by Gasteiger charge is -2.30. The summed E-state index contributed by atoms with van der Waals surface area (Å²) in [6.45, 7) is 2.86. The summed E-state index contributed by atoms with van der Waals surface area (Å²) < 4.78 is 19.9. The van der Waals surface area contributed by atoms with Gasteiger partial charge in [0.05, 0.1) is 31.0 Å². The molecule has 0 aliphatic carbocycles. The minimum absolute atomic E-state index is 0.206. The van der Waals surface area contributed by atoms with Gasteiger partial charge in [0.15, 0.2) is 5.11 Å². The normalized spacial score (nSPS) is 18.9. The lowest BCUT2D eigenvalue weighted by molar-refractivity contribution is -0.119. The van der Waals surface area contributed by atoms with E-state index >= 15 is 0 Å². The van der Waals surface area contributed by atoms with Gasteiger partial charge in [-0.25, -0.2) is 14.2 Å². The molecule has 0 unspecified atom stereocenters. The van der Waals surface area contributed by atoms with Crippen LogP contribution in [-0.2, 0) is 9.53 Å². The fourth-order valence-electron chi connectivity index (χ4n) is 2.90. The molecule has 0 spiro atoms. The Hall–Kier alpha value is -2.95. The van der Waals surface area contributed by atoms with Crippen molar-refractivity contribution in [2.45, 2.75) is 13.0 Å². The van der Waals surface area contributed by atoms with Crippen LogP contribution in [0.1, 0.15) is 6.92 Å². The molecule has 0 aromatic heterocycles. The quantitative estimate of drug-likeness (QED) is 0.714. The minimum Gasteiger partial charge on any atom is -0.442 e. The van der Waals surface area contributed by atoms with Crippen molar-refractivity contribution >= 4 is 47.0 Å². The summed E-state index contributed by atoms with van der Waals surface area (Å²) in [5, 5.41) is 11.8. The maximum atomic E-state index is 14.7. The molecule has 3 rings (SSSR count). The van der Waals surface area contributed by atoms with E-state index in [1.54, 1.807) is 29.1 Å². The molecule has 9 nitrogen and oxygen atoms in total. The van der Waals surface area contributed by atoms with Crippen LogP contribution >= 0.6 is 12.2 Å². The van der Waals surface area contributed by atoms with Gasteiger partial charge in [-0.15, -0.1) is 0 Å². The van der Waals surface area contributed by atoms with E-state index in [1.807, 2.05) is 0 Å². The number of amides is 2. The monoisotopic (exact) mass is 408 g/mol. The Bertz CT molecular complexity index is 820. The number of hydrogen-bond donors (Lipinski definition) is 2. The Morgan fingerprint density at radius 2 is 2.21 bits per heavy atom. The molecular formula is C17H21FN6O3S. The molecule has 2 aliphatic rings. The molecule has 0 bridgehead atoms. The zero-order valence-corrected chi connectivity index (χ0v) is 16.3. The van der Waals surface area contributed by atoms with Crippen LogP contribution in [0.3, 0.4) is 0 Å². The summed E-state index contributed by atoms with van der Waals surface area (Å²) in [4.78, 5) is 26.1. The van der Waals surface area contributed by atoms with E-state index in [-0.39, 0.29) is 19.0 Å². The second-order valence-corrected chi connectivity index (χ2v) is 6.68. The van der Waals surface area contributed by atoms with Gasteiger partial charge in [0.1, 0.15) is 18.3 Å². The number of anilines is 2. The van der Waals surface area contributed by atoms with Gasteiger partial charge in [-0.2, -0.15) is 5.10 Å². The maximum Gasteiger partial charge on any atom is 0.414 e. The molecule has 0 radical (unpaired) electrons. The number of carbonyl (C=O) groups is 2. The number of rotatable bonds is 4. The van der Waals surface area contributed by atoms with E-state index in [0.29, 0.717) is 29.6 Å². The summed E-state index contributed by atoms with van der Waals surface area (Å²) in [6, 6.07) is 4.53. The third kappa shape index (κ3) is 4.30. The Kier molecular flexibility index (Phi) is 5.93. The van der Waals surface area contributed by atoms with Crippen molar-refractivity contribution < 1.29 is 18.7 Å². The number of nitrogens with zero attached hydrogens (tertiary/aromatic N) is 4. The smallest absolute Gasteiger partial charge is 0.414 e. The van der Waals surface area contributed by atoms with Gasteiger partial charge >= 0.3 is 6.09 Å². The van der Waals surface area contributed by atoms with Crippen LogP contribution in [0.2, 0.25) is 0 Å². The van der Waals surface area contributed by atoms with Crippen LogP contribution in [0.4, 0.5) is 20.6 Å². The second-order valence-electron chi connectivity index (χ2n) is 6.29. The molecule has 2 amide bonds. The second kappa shape index (κ2) is 8.38. The standard InChI is InChI=1S/C17H21FN6O3S/c1-11(25)20-8-13-9-23(17(26)27-13)12-3-4-15(14(18)7-12)22-5-6-24(21-10-22)16(28)19-2/h3-4,7,10,13H,5-6,8-9H2,1-2H3,(H,19,28)(H,20,25)/t13-/m0/s1. The Labute approximate surface area is 167 Å². The Morgan fingerprint density at radius 1 is 1.43 bits per heavy atom. The fraction of sp³-hybridized carbons (Fsp3) is 0.412. The van der Waals surface area contributed by atoms with Gasteiger partial charge in [-0.05, 0) is 30.4 Å². The van der Waals surface area contributed by atoms with Crippen molar-refractivity contribution in [1.29, 1.82) is 0 Å². The number of cyclic esters (lactones) is 1. The lowest BCUT2D eigenvalue weighted by atomic mass is 10.2. The number of hydrazone groups is 1.